The van der Waals surface area contributed by atoms with Gasteiger partial charge in [-0.3, -0.25) is 14.6 Å². The Morgan fingerprint density at radius 2 is 1.90 bits per heavy atom. The fourth-order valence-corrected chi connectivity index (χ4v) is 2.57. The number of aromatic hydroxyl groups is 1. The third-order valence-corrected chi connectivity index (χ3v) is 4.09. The van der Waals surface area contributed by atoms with Gasteiger partial charge in [0.25, 0.3) is 11.8 Å². The van der Waals surface area contributed by atoms with Crippen molar-refractivity contribution in [3.8, 4) is 11.5 Å². The lowest BCUT2D eigenvalue weighted by molar-refractivity contribution is -0.122. The molecule has 7 nitrogen and oxygen atoms in total. The van der Waals surface area contributed by atoms with Crippen molar-refractivity contribution in [3.63, 3.8) is 0 Å². The van der Waals surface area contributed by atoms with Crippen LogP contribution in [-0.2, 0) is 11.3 Å². The monoisotopic (exact) mass is 391 g/mol. The molecule has 3 rings (SSSR count). The zero-order chi connectivity index (χ0) is 20.6. The maximum absolute atomic E-state index is 12.4. The first-order chi connectivity index (χ1) is 14.0. The van der Waals surface area contributed by atoms with Crippen LogP contribution in [-0.4, -0.2) is 28.0 Å². The largest absolute Gasteiger partial charge is 0.508 e. The van der Waals surface area contributed by atoms with Crippen molar-refractivity contribution >= 4 is 17.5 Å². The summed E-state index contributed by atoms with van der Waals surface area (Å²) in [6, 6.07) is 16.7. The Hall–Kier alpha value is -3.87. The molecule has 0 radical (unpaired) electrons. The van der Waals surface area contributed by atoms with E-state index in [1.165, 1.54) is 18.3 Å². The van der Waals surface area contributed by atoms with Gasteiger partial charge in [0.05, 0.1) is 5.56 Å². The lowest BCUT2D eigenvalue weighted by atomic mass is 10.2. The first-order valence-corrected chi connectivity index (χ1v) is 9.05. The number of pyridine rings is 1. The normalized spacial score (nSPS) is 11.3. The van der Waals surface area contributed by atoms with E-state index in [-0.39, 0.29) is 17.6 Å². The van der Waals surface area contributed by atoms with Crippen LogP contribution >= 0.6 is 0 Å². The van der Waals surface area contributed by atoms with Crippen molar-refractivity contribution in [1.82, 2.24) is 10.3 Å². The molecule has 0 aliphatic rings. The van der Waals surface area contributed by atoms with E-state index in [1.54, 1.807) is 55.6 Å². The summed E-state index contributed by atoms with van der Waals surface area (Å²) in [5, 5.41) is 14.9. The molecule has 0 bridgehead atoms. The first-order valence-electron chi connectivity index (χ1n) is 9.05. The quantitative estimate of drug-likeness (QED) is 0.575. The summed E-state index contributed by atoms with van der Waals surface area (Å²) in [5.74, 6) is 0.0808. The Kier molecular flexibility index (Phi) is 6.42. The van der Waals surface area contributed by atoms with Crippen LogP contribution in [0, 0.1) is 0 Å². The van der Waals surface area contributed by atoms with Gasteiger partial charge in [-0.15, -0.1) is 0 Å². The highest BCUT2D eigenvalue weighted by atomic mass is 16.5. The highest BCUT2D eigenvalue weighted by Crippen LogP contribution is 2.18. The molecular weight excluding hydrogens is 370 g/mol. The molecule has 3 N–H and O–H groups in total. The number of anilines is 1. The van der Waals surface area contributed by atoms with Crippen LogP contribution in [0.2, 0.25) is 0 Å². The summed E-state index contributed by atoms with van der Waals surface area (Å²) in [7, 11) is 0. The van der Waals surface area contributed by atoms with Gasteiger partial charge < -0.3 is 20.5 Å². The van der Waals surface area contributed by atoms with E-state index >= 15 is 0 Å². The second-order valence-electron chi connectivity index (χ2n) is 6.37. The van der Waals surface area contributed by atoms with Gasteiger partial charge in [-0.2, -0.15) is 0 Å². The van der Waals surface area contributed by atoms with Crippen molar-refractivity contribution in [2.24, 2.45) is 0 Å². The number of amides is 2. The van der Waals surface area contributed by atoms with Gasteiger partial charge in [0.2, 0.25) is 0 Å². The number of phenolic OH excluding ortho intramolecular Hbond substituents is 1. The van der Waals surface area contributed by atoms with Crippen LogP contribution in [0.3, 0.4) is 0 Å². The predicted molar refractivity (Wildman–Crippen MR) is 109 cm³/mol. The van der Waals surface area contributed by atoms with Crippen molar-refractivity contribution in [1.29, 1.82) is 0 Å². The Labute approximate surface area is 168 Å². The van der Waals surface area contributed by atoms with E-state index in [2.05, 4.69) is 15.6 Å². The number of hydrogen-bond acceptors (Lipinski definition) is 5. The molecule has 1 heterocycles. The van der Waals surface area contributed by atoms with Crippen molar-refractivity contribution < 1.29 is 19.4 Å². The van der Waals surface area contributed by atoms with E-state index in [0.717, 1.165) is 5.56 Å². The highest BCUT2D eigenvalue weighted by Gasteiger charge is 2.15. The van der Waals surface area contributed by atoms with E-state index < -0.39 is 6.10 Å². The van der Waals surface area contributed by atoms with Gasteiger partial charge in [-0.1, -0.05) is 12.1 Å². The fraction of sp³-hybridized carbons (Fsp3) is 0.136. The number of carbonyl (C=O) groups is 2. The first kappa shape index (κ1) is 19.9. The number of benzene rings is 2. The topological polar surface area (TPSA) is 101 Å². The summed E-state index contributed by atoms with van der Waals surface area (Å²) in [5.41, 5.74) is 1.92. The molecule has 148 valence electrons. The Morgan fingerprint density at radius 3 is 2.62 bits per heavy atom. The summed E-state index contributed by atoms with van der Waals surface area (Å²) in [4.78, 5) is 28.4. The SMILES string of the molecule is CC(Oc1ccc(O)cc1)C(=O)Nc1cccc(CNC(=O)c2cccnc2)c1. The number of nitrogens with one attached hydrogen (secondary N) is 2. The number of carbonyl (C=O) groups excluding carboxylic acids is 2. The van der Waals surface area contributed by atoms with E-state index in [4.69, 9.17) is 4.74 Å². The average molecular weight is 391 g/mol. The second-order valence-corrected chi connectivity index (χ2v) is 6.37. The highest BCUT2D eigenvalue weighted by molar-refractivity contribution is 5.94. The molecule has 0 spiro atoms. The van der Waals surface area contributed by atoms with Gasteiger partial charge in [-0.05, 0) is 61.0 Å². The summed E-state index contributed by atoms with van der Waals surface area (Å²) in [6.45, 7) is 1.96. The second kappa shape index (κ2) is 9.36. The van der Waals surface area contributed by atoms with E-state index in [0.29, 0.717) is 23.5 Å². The zero-order valence-corrected chi connectivity index (χ0v) is 15.8. The number of ether oxygens (including phenoxy) is 1. The summed E-state index contributed by atoms with van der Waals surface area (Å²) < 4.78 is 5.58. The maximum atomic E-state index is 12.4. The molecular formula is C22H21N3O4. The maximum Gasteiger partial charge on any atom is 0.265 e. The van der Waals surface area contributed by atoms with E-state index in [9.17, 15) is 14.7 Å². The molecule has 0 fully saturated rings. The molecule has 0 saturated heterocycles. The van der Waals surface area contributed by atoms with Crippen LogP contribution in [0.25, 0.3) is 0 Å². The molecule has 1 aromatic heterocycles. The zero-order valence-electron chi connectivity index (χ0n) is 15.8. The van der Waals surface area contributed by atoms with Crippen molar-refractivity contribution in [2.75, 3.05) is 5.32 Å². The molecule has 2 aromatic carbocycles. The molecule has 29 heavy (non-hydrogen) atoms. The van der Waals surface area contributed by atoms with Crippen LogP contribution in [0.4, 0.5) is 5.69 Å². The van der Waals surface area contributed by atoms with Crippen molar-refractivity contribution in [2.45, 2.75) is 19.6 Å². The van der Waals surface area contributed by atoms with Crippen LogP contribution < -0.4 is 15.4 Å². The molecule has 3 aromatic rings. The fourth-order valence-electron chi connectivity index (χ4n) is 2.57. The molecule has 0 aliphatic heterocycles. The minimum absolute atomic E-state index is 0.127. The van der Waals surface area contributed by atoms with Gasteiger partial charge in [0, 0.05) is 24.6 Å². The molecule has 0 saturated carbocycles. The van der Waals surface area contributed by atoms with Gasteiger partial charge in [0.15, 0.2) is 6.10 Å². The minimum atomic E-state index is -0.728. The molecule has 0 aliphatic carbocycles. The van der Waals surface area contributed by atoms with Crippen LogP contribution in [0.1, 0.15) is 22.8 Å². The lowest BCUT2D eigenvalue weighted by Gasteiger charge is -2.15. The molecule has 1 unspecified atom stereocenters. The standard InChI is InChI=1S/C22H21N3O4/c1-15(29-20-9-7-19(26)8-10-20)21(27)25-18-6-2-4-16(12-18)13-24-22(28)17-5-3-11-23-14-17/h2-12,14-15,26H,13H2,1H3,(H,24,28)(H,25,27). The predicted octanol–water partition coefficient (Wildman–Crippen LogP) is 3.12. The Morgan fingerprint density at radius 1 is 1.10 bits per heavy atom. The lowest BCUT2D eigenvalue weighted by Crippen LogP contribution is -2.30. The number of rotatable bonds is 7. The average Bonchev–Trinajstić information content (AvgIpc) is 2.74. The van der Waals surface area contributed by atoms with Crippen LogP contribution in [0.15, 0.2) is 73.1 Å². The smallest absolute Gasteiger partial charge is 0.265 e. The number of hydrogen-bond donors (Lipinski definition) is 3. The van der Waals surface area contributed by atoms with Crippen molar-refractivity contribution in [3.05, 3.63) is 84.2 Å². The van der Waals surface area contributed by atoms with Gasteiger partial charge in [-0.25, -0.2) is 0 Å². The Balaban J connectivity index is 1.55. The van der Waals surface area contributed by atoms with Gasteiger partial charge >= 0.3 is 0 Å². The third-order valence-electron chi connectivity index (χ3n) is 4.09. The number of aromatic nitrogens is 1. The summed E-state index contributed by atoms with van der Waals surface area (Å²) in [6.07, 6.45) is 2.38. The molecule has 2 amide bonds. The minimum Gasteiger partial charge on any atom is -0.508 e. The number of phenols is 1. The number of nitrogens with zero attached hydrogens (tertiary/aromatic N) is 1. The molecule has 1 atom stereocenters. The van der Waals surface area contributed by atoms with E-state index in [1.807, 2.05) is 6.07 Å². The summed E-state index contributed by atoms with van der Waals surface area (Å²) >= 11 is 0. The Bertz CT molecular complexity index is 975. The van der Waals surface area contributed by atoms with Crippen LogP contribution in [0.5, 0.6) is 11.5 Å². The van der Waals surface area contributed by atoms with Gasteiger partial charge in [0.1, 0.15) is 11.5 Å². The molecule has 7 heteroatoms. The third kappa shape index (κ3) is 5.80.